The molecule has 0 saturated carbocycles. The molecule has 1 N–H and O–H groups in total. The molecule has 1 rings (SSSR count). The standard InChI is InChI=1S/C18H23F3O/c1-2-3-9-17(22)10-7-5-4-6-8-15-11-13-16(14-12-15)18(19,20)21/h11-14,17,22H,2-5,7,9-10H2,1H3. The number of alkyl halides is 3. The lowest BCUT2D eigenvalue weighted by molar-refractivity contribution is -0.137. The molecule has 0 radical (unpaired) electrons. The minimum absolute atomic E-state index is 0.220. The van der Waals surface area contributed by atoms with E-state index in [0.717, 1.165) is 50.7 Å². The predicted octanol–water partition coefficient (Wildman–Crippen LogP) is 5.17. The number of aliphatic hydroxyl groups excluding tert-OH is 1. The second-order valence-electron chi connectivity index (χ2n) is 5.42. The Kier molecular flexibility index (Phi) is 8.05. The van der Waals surface area contributed by atoms with Crippen LogP contribution < -0.4 is 0 Å². The van der Waals surface area contributed by atoms with Crippen molar-refractivity contribution in [3.05, 3.63) is 35.4 Å². The van der Waals surface area contributed by atoms with E-state index >= 15 is 0 Å². The zero-order chi connectivity index (χ0) is 16.4. The summed E-state index contributed by atoms with van der Waals surface area (Å²) in [6.45, 7) is 2.10. The van der Waals surface area contributed by atoms with Crippen LogP contribution in [0.15, 0.2) is 24.3 Å². The van der Waals surface area contributed by atoms with Crippen molar-refractivity contribution >= 4 is 0 Å². The first-order chi connectivity index (χ1) is 10.4. The van der Waals surface area contributed by atoms with Gasteiger partial charge in [-0.2, -0.15) is 13.2 Å². The quantitative estimate of drug-likeness (QED) is 0.544. The van der Waals surface area contributed by atoms with Gasteiger partial charge in [0.1, 0.15) is 0 Å². The van der Waals surface area contributed by atoms with Crippen molar-refractivity contribution in [2.75, 3.05) is 0 Å². The molecule has 0 aromatic heterocycles. The maximum absolute atomic E-state index is 12.4. The van der Waals surface area contributed by atoms with E-state index in [0.29, 0.717) is 12.0 Å². The van der Waals surface area contributed by atoms with Gasteiger partial charge < -0.3 is 5.11 Å². The number of unbranched alkanes of at least 4 members (excludes halogenated alkanes) is 3. The highest BCUT2D eigenvalue weighted by Gasteiger charge is 2.29. The summed E-state index contributed by atoms with van der Waals surface area (Å²) in [6.07, 6.45) is 1.79. The highest BCUT2D eigenvalue weighted by molar-refractivity contribution is 5.36. The van der Waals surface area contributed by atoms with Crippen molar-refractivity contribution in [1.82, 2.24) is 0 Å². The van der Waals surface area contributed by atoms with E-state index in [9.17, 15) is 18.3 Å². The first-order valence-corrected chi connectivity index (χ1v) is 7.77. The third kappa shape index (κ3) is 7.51. The van der Waals surface area contributed by atoms with Gasteiger partial charge in [0.25, 0.3) is 0 Å². The molecular formula is C18H23F3O. The molecule has 0 heterocycles. The Morgan fingerprint density at radius 3 is 2.27 bits per heavy atom. The Balaban J connectivity index is 2.27. The van der Waals surface area contributed by atoms with Gasteiger partial charge in [0.05, 0.1) is 11.7 Å². The zero-order valence-corrected chi connectivity index (χ0v) is 12.9. The van der Waals surface area contributed by atoms with E-state index in [1.54, 1.807) is 0 Å². The molecule has 1 aromatic rings. The fourth-order valence-corrected chi connectivity index (χ4v) is 2.08. The zero-order valence-electron chi connectivity index (χ0n) is 12.9. The highest BCUT2D eigenvalue weighted by Crippen LogP contribution is 2.28. The smallest absolute Gasteiger partial charge is 0.393 e. The van der Waals surface area contributed by atoms with Crippen molar-refractivity contribution in [3.8, 4) is 11.8 Å². The van der Waals surface area contributed by atoms with E-state index < -0.39 is 11.7 Å². The topological polar surface area (TPSA) is 20.2 Å². The van der Waals surface area contributed by atoms with Crippen LogP contribution in [0, 0.1) is 11.8 Å². The van der Waals surface area contributed by atoms with Crippen LogP contribution >= 0.6 is 0 Å². The molecule has 4 heteroatoms. The second-order valence-corrected chi connectivity index (χ2v) is 5.42. The average molecular weight is 312 g/mol. The van der Waals surface area contributed by atoms with Crippen LogP contribution in [0.2, 0.25) is 0 Å². The van der Waals surface area contributed by atoms with Crippen molar-refractivity contribution in [2.24, 2.45) is 0 Å². The molecule has 0 saturated heterocycles. The molecule has 0 fully saturated rings. The van der Waals surface area contributed by atoms with Crippen molar-refractivity contribution in [1.29, 1.82) is 0 Å². The van der Waals surface area contributed by atoms with Crippen LogP contribution in [-0.2, 0) is 6.18 Å². The van der Waals surface area contributed by atoms with Crippen LogP contribution in [0.25, 0.3) is 0 Å². The SMILES string of the molecule is CCCCC(O)CCCCC#Cc1ccc(C(F)(F)F)cc1. The molecule has 0 spiro atoms. The Morgan fingerprint density at radius 2 is 1.68 bits per heavy atom. The summed E-state index contributed by atoms with van der Waals surface area (Å²) in [5.41, 5.74) is -0.0601. The van der Waals surface area contributed by atoms with E-state index in [1.807, 2.05) is 0 Å². The van der Waals surface area contributed by atoms with E-state index in [4.69, 9.17) is 0 Å². The van der Waals surface area contributed by atoms with Crippen LogP contribution in [-0.4, -0.2) is 11.2 Å². The fourth-order valence-electron chi connectivity index (χ4n) is 2.08. The lowest BCUT2D eigenvalue weighted by Crippen LogP contribution is -2.05. The Hall–Kier alpha value is -1.47. The first kappa shape index (κ1) is 18.6. The summed E-state index contributed by atoms with van der Waals surface area (Å²) in [4.78, 5) is 0. The van der Waals surface area contributed by atoms with Gasteiger partial charge in [-0.3, -0.25) is 0 Å². The van der Waals surface area contributed by atoms with Crippen LogP contribution in [0.1, 0.15) is 63.0 Å². The number of benzene rings is 1. The monoisotopic (exact) mass is 312 g/mol. The summed E-state index contributed by atoms with van der Waals surface area (Å²) in [5.74, 6) is 5.83. The summed E-state index contributed by atoms with van der Waals surface area (Å²) in [6, 6.07) is 4.89. The summed E-state index contributed by atoms with van der Waals surface area (Å²) >= 11 is 0. The largest absolute Gasteiger partial charge is 0.416 e. The maximum atomic E-state index is 12.4. The molecule has 0 aliphatic carbocycles. The van der Waals surface area contributed by atoms with Gasteiger partial charge in [-0.25, -0.2) is 0 Å². The van der Waals surface area contributed by atoms with Gasteiger partial charge in [0.2, 0.25) is 0 Å². The number of rotatable bonds is 7. The van der Waals surface area contributed by atoms with Crippen LogP contribution in [0.5, 0.6) is 0 Å². The predicted molar refractivity (Wildman–Crippen MR) is 82.3 cm³/mol. The maximum Gasteiger partial charge on any atom is 0.416 e. The minimum Gasteiger partial charge on any atom is -0.393 e. The second kappa shape index (κ2) is 9.53. The molecule has 0 aliphatic heterocycles. The summed E-state index contributed by atoms with van der Waals surface area (Å²) < 4.78 is 37.2. The van der Waals surface area contributed by atoms with Gasteiger partial charge in [-0.1, -0.05) is 31.6 Å². The molecule has 1 aromatic carbocycles. The molecule has 0 bridgehead atoms. The molecule has 1 unspecified atom stereocenters. The fraction of sp³-hybridized carbons (Fsp3) is 0.556. The summed E-state index contributed by atoms with van der Waals surface area (Å²) in [5, 5.41) is 9.68. The van der Waals surface area contributed by atoms with Crippen molar-refractivity contribution in [2.45, 2.75) is 64.1 Å². The first-order valence-electron chi connectivity index (χ1n) is 7.77. The van der Waals surface area contributed by atoms with E-state index in [1.165, 1.54) is 12.1 Å². The number of aliphatic hydroxyl groups is 1. The normalized spacial score (nSPS) is 12.6. The van der Waals surface area contributed by atoms with Gasteiger partial charge in [-0.15, -0.1) is 0 Å². The number of hydrogen-bond donors (Lipinski definition) is 1. The molecule has 1 nitrogen and oxygen atoms in total. The van der Waals surface area contributed by atoms with Crippen LogP contribution in [0.4, 0.5) is 13.2 Å². The average Bonchev–Trinajstić information content (AvgIpc) is 2.48. The number of hydrogen-bond acceptors (Lipinski definition) is 1. The van der Waals surface area contributed by atoms with E-state index in [2.05, 4.69) is 18.8 Å². The lowest BCUT2D eigenvalue weighted by Gasteiger charge is -2.08. The van der Waals surface area contributed by atoms with Gasteiger partial charge in [-0.05, 0) is 49.9 Å². The Labute approximate surface area is 130 Å². The molecule has 0 aliphatic rings. The van der Waals surface area contributed by atoms with Crippen LogP contribution in [0.3, 0.4) is 0 Å². The summed E-state index contributed by atoms with van der Waals surface area (Å²) in [7, 11) is 0. The minimum atomic E-state index is -4.30. The molecule has 22 heavy (non-hydrogen) atoms. The molecular weight excluding hydrogens is 289 g/mol. The number of halogens is 3. The van der Waals surface area contributed by atoms with Gasteiger partial charge >= 0.3 is 6.18 Å². The van der Waals surface area contributed by atoms with Crippen molar-refractivity contribution in [3.63, 3.8) is 0 Å². The lowest BCUT2D eigenvalue weighted by atomic mass is 10.1. The third-order valence-electron chi connectivity index (χ3n) is 3.42. The van der Waals surface area contributed by atoms with Gasteiger partial charge in [0.15, 0.2) is 0 Å². The molecule has 122 valence electrons. The van der Waals surface area contributed by atoms with Crippen molar-refractivity contribution < 1.29 is 18.3 Å². The highest BCUT2D eigenvalue weighted by atomic mass is 19.4. The Morgan fingerprint density at radius 1 is 1.05 bits per heavy atom. The molecule has 0 amide bonds. The third-order valence-corrected chi connectivity index (χ3v) is 3.42. The Bertz CT molecular complexity index is 480. The molecule has 1 atom stereocenters. The van der Waals surface area contributed by atoms with Gasteiger partial charge in [0, 0.05) is 12.0 Å². The van der Waals surface area contributed by atoms with E-state index in [-0.39, 0.29) is 6.10 Å².